The number of amides is 1. The lowest BCUT2D eigenvalue weighted by Crippen LogP contribution is -2.30. The van der Waals surface area contributed by atoms with Crippen molar-refractivity contribution >= 4 is 5.91 Å². The first kappa shape index (κ1) is 16.4. The van der Waals surface area contributed by atoms with E-state index in [9.17, 15) is 4.79 Å². The summed E-state index contributed by atoms with van der Waals surface area (Å²) in [5.41, 5.74) is 0. The lowest BCUT2D eigenvalue weighted by Gasteiger charge is -2.09. The Morgan fingerprint density at radius 2 is 1.88 bits per heavy atom. The summed E-state index contributed by atoms with van der Waals surface area (Å²) >= 11 is 0. The van der Waals surface area contributed by atoms with Crippen molar-refractivity contribution in [2.24, 2.45) is 5.92 Å². The van der Waals surface area contributed by atoms with E-state index in [0.29, 0.717) is 18.6 Å². The summed E-state index contributed by atoms with van der Waals surface area (Å²) in [5.74, 6) is 0.612. The van der Waals surface area contributed by atoms with Crippen LogP contribution in [0.5, 0.6) is 0 Å². The van der Waals surface area contributed by atoms with Gasteiger partial charge in [-0.25, -0.2) is 0 Å². The predicted octanol–water partition coefficient (Wildman–Crippen LogP) is 1.55. The van der Waals surface area contributed by atoms with Crippen LogP contribution < -0.4 is 10.6 Å². The molecule has 102 valence electrons. The molecule has 0 aromatic rings. The van der Waals surface area contributed by atoms with Gasteiger partial charge in [-0.2, -0.15) is 0 Å². The van der Waals surface area contributed by atoms with Crippen molar-refractivity contribution in [3.63, 3.8) is 0 Å². The van der Waals surface area contributed by atoms with Crippen molar-refractivity contribution in [2.75, 3.05) is 26.3 Å². The van der Waals surface area contributed by atoms with Crippen LogP contribution >= 0.6 is 0 Å². The highest BCUT2D eigenvalue weighted by molar-refractivity contribution is 5.77. The van der Waals surface area contributed by atoms with Gasteiger partial charge in [0.25, 0.3) is 0 Å². The highest BCUT2D eigenvalue weighted by atomic mass is 16.5. The van der Waals surface area contributed by atoms with Crippen LogP contribution in [0.4, 0.5) is 0 Å². The van der Waals surface area contributed by atoms with E-state index in [1.54, 1.807) is 0 Å². The average Bonchev–Trinajstić information content (AvgIpc) is 2.22. The summed E-state index contributed by atoms with van der Waals surface area (Å²) in [6.07, 6.45) is 1.96. The monoisotopic (exact) mass is 244 g/mol. The number of hydrogen-bond acceptors (Lipinski definition) is 3. The summed E-state index contributed by atoms with van der Waals surface area (Å²) in [6, 6.07) is 0.509. The molecule has 1 amide bonds. The topological polar surface area (TPSA) is 50.4 Å². The molecular formula is C13H28N2O2. The Bertz CT molecular complexity index is 194. The van der Waals surface area contributed by atoms with Crippen LogP contribution in [-0.2, 0) is 9.53 Å². The van der Waals surface area contributed by atoms with Gasteiger partial charge in [0, 0.05) is 19.2 Å². The number of rotatable bonds is 10. The molecule has 0 aromatic heterocycles. The SMILES string of the molecule is CC(C)CCNC(=O)COCCCNC(C)C. The lowest BCUT2D eigenvalue weighted by molar-refractivity contribution is -0.125. The van der Waals surface area contributed by atoms with Gasteiger partial charge in [-0.3, -0.25) is 4.79 Å². The van der Waals surface area contributed by atoms with Crippen LogP contribution in [0.2, 0.25) is 0 Å². The second-order valence-electron chi connectivity index (χ2n) is 5.05. The smallest absolute Gasteiger partial charge is 0.245 e. The van der Waals surface area contributed by atoms with Crippen molar-refractivity contribution < 1.29 is 9.53 Å². The van der Waals surface area contributed by atoms with E-state index in [1.165, 1.54) is 0 Å². The summed E-state index contributed by atoms with van der Waals surface area (Å²) in [4.78, 5) is 11.3. The molecule has 0 atom stereocenters. The summed E-state index contributed by atoms with van der Waals surface area (Å²) in [5, 5.41) is 6.14. The maximum atomic E-state index is 11.3. The van der Waals surface area contributed by atoms with Gasteiger partial charge in [-0.15, -0.1) is 0 Å². The van der Waals surface area contributed by atoms with E-state index in [-0.39, 0.29) is 12.5 Å². The minimum atomic E-state index is -0.0116. The fourth-order valence-corrected chi connectivity index (χ4v) is 1.28. The second kappa shape index (κ2) is 10.5. The van der Waals surface area contributed by atoms with E-state index in [0.717, 1.165) is 25.9 Å². The third kappa shape index (κ3) is 13.3. The standard InChI is InChI=1S/C13H28N2O2/c1-11(2)6-8-15-13(16)10-17-9-5-7-14-12(3)4/h11-12,14H,5-10H2,1-4H3,(H,15,16). The van der Waals surface area contributed by atoms with E-state index in [4.69, 9.17) is 4.74 Å². The Hall–Kier alpha value is -0.610. The van der Waals surface area contributed by atoms with Gasteiger partial charge < -0.3 is 15.4 Å². The zero-order valence-electron chi connectivity index (χ0n) is 11.7. The fourth-order valence-electron chi connectivity index (χ4n) is 1.28. The quantitative estimate of drug-likeness (QED) is 0.573. The molecule has 2 N–H and O–H groups in total. The van der Waals surface area contributed by atoms with Crippen LogP contribution in [0.3, 0.4) is 0 Å². The molecule has 0 heterocycles. The number of carbonyl (C=O) groups is 1. The number of ether oxygens (including phenoxy) is 1. The molecule has 0 saturated carbocycles. The Kier molecular flexibility index (Phi) is 10.2. The maximum Gasteiger partial charge on any atom is 0.245 e. The molecule has 4 nitrogen and oxygen atoms in total. The largest absolute Gasteiger partial charge is 0.372 e. The molecule has 0 aliphatic rings. The number of hydrogen-bond donors (Lipinski definition) is 2. The molecule has 17 heavy (non-hydrogen) atoms. The first-order valence-electron chi connectivity index (χ1n) is 6.60. The van der Waals surface area contributed by atoms with Gasteiger partial charge in [-0.05, 0) is 25.3 Å². The molecule has 0 bridgehead atoms. The van der Waals surface area contributed by atoms with Crippen LogP contribution in [-0.4, -0.2) is 38.3 Å². The van der Waals surface area contributed by atoms with E-state index in [1.807, 2.05) is 0 Å². The summed E-state index contributed by atoms with van der Waals surface area (Å²) in [7, 11) is 0. The number of carbonyl (C=O) groups excluding carboxylic acids is 1. The van der Waals surface area contributed by atoms with Gasteiger partial charge in [0.1, 0.15) is 6.61 Å². The zero-order valence-corrected chi connectivity index (χ0v) is 11.7. The maximum absolute atomic E-state index is 11.3. The normalized spacial score (nSPS) is 11.2. The van der Waals surface area contributed by atoms with Crippen molar-refractivity contribution in [2.45, 2.75) is 46.6 Å². The molecule has 0 saturated heterocycles. The predicted molar refractivity (Wildman–Crippen MR) is 71.0 cm³/mol. The van der Waals surface area contributed by atoms with Gasteiger partial charge >= 0.3 is 0 Å². The molecule has 0 aliphatic heterocycles. The Balaban J connectivity index is 3.22. The third-order valence-corrected chi connectivity index (χ3v) is 2.30. The molecule has 0 aromatic carbocycles. The van der Waals surface area contributed by atoms with E-state index >= 15 is 0 Å². The van der Waals surface area contributed by atoms with Crippen LogP contribution in [0.15, 0.2) is 0 Å². The van der Waals surface area contributed by atoms with Gasteiger partial charge in [-0.1, -0.05) is 27.7 Å². The minimum absolute atomic E-state index is 0.0116. The molecule has 0 unspecified atom stereocenters. The first-order valence-corrected chi connectivity index (χ1v) is 6.60. The second-order valence-corrected chi connectivity index (χ2v) is 5.05. The number of nitrogens with one attached hydrogen (secondary N) is 2. The van der Waals surface area contributed by atoms with Crippen molar-refractivity contribution in [1.82, 2.24) is 10.6 Å². The van der Waals surface area contributed by atoms with Crippen LogP contribution in [0.1, 0.15) is 40.5 Å². The first-order chi connectivity index (χ1) is 8.02. The zero-order chi connectivity index (χ0) is 13.1. The highest BCUT2D eigenvalue weighted by Gasteiger charge is 2.01. The molecule has 0 rings (SSSR count). The Labute approximate surface area is 105 Å². The molecule has 0 radical (unpaired) electrons. The molecule has 0 spiro atoms. The van der Waals surface area contributed by atoms with Crippen molar-refractivity contribution in [1.29, 1.82) is 0 Å². The van der Waals surface area contributed by atoms with E-state index < -0.39 is 0 Å². The van der Waals surface area contributed by atoms with Crippen LogP contribution in [0, 0.1) is 5.92 Å². The third-order valence-electron chi connectivity index (χ3n) is 2.30. The summed E-state index contributed by atoms with van der Waals surface area (Å²) in [6.45, 7) is 11.0. The van der Waals surface area contributed by atoms with Gasteiger partial charge in [0.15, 0.2) is 0 Å². The molecule has 0 aliphatic carbocycles. The minimum Gasteiger partial charge on any atom is -0.372 e. The van der Waals surface area contributed by atoms with E-state index in [2.05, 4.69) is 38.3 Å². The van der Waals surface area contributed by atoms with Gasteiger partial charge in [0.05, 0.1) is 0 Å². The lowest BCUT2D eigenvalue weighted by atomic mass is 10.1. The Morgan fingerprint density at radius 1 is 1.18 bits per heavy atom. The summed E-state index contributed by atoms with van der Waals surface area (Å²) < 4.78 is 5.28. The van der Waals surface area contributed by atoms with Crippen molar-refractivity contribution in [3.05, 3.63) is 0 Å². The highest BCUT2D eigenvalue weighted by Crippen LogP contribution is 1.96. The molecule has 4 heteroatoms. The fraction of sp³-hybridized carbons (Fsp3) is 0.923. The molecular weight excluding hydrogens is 216 g/mol. The van der Waals surface area contributed by atoms with Crippen molar-refractivity contribution in [3.8, 4) is 0 Å². The Morgan fingerprint density at radius 3 is 2.47 bits per heavy atom. The molecule has 0 fully saturated rings. The van der Waals surface area contributed by atoms with Crippen LogP contribution in [0.25, 0.3) is 0 Å². The van der Waals surface area contributed by atoms with Gasteiger partial charge in [0.2, 0.25) is 5.91 Å². The average molecular weight is 244 g/mol.